The van der Waals surface area contributed by atoms with Crippen LogP contribution in [0.3, 0.4) is 0 Å². The van der Waals surface area contributed by atoms with Crippen molar-refractivity contribution < 1.29 is 21.8 Å². The Morgan fingerprint density at radius 3 is 2.23 bits per heavy atom. The van der Waals surface area contributed by atoms with Crippen molar-refractivity contribution in [2.24, 2.45) is 24.3 Å². The summed E-state index contributed by atoms with van der Waals surface area (Å²) in [6.45, 7) is 4.00. The maximum absolute atomic E-state index is 9.22. The number of hydrogen-bond acceptors (Lipinski definition) is 8. The SMILES string of the molecule is CCN(Cc1ccccc1)c1ccc(N=Nc2nc[n+](C)n2C)cc1.COS(=O)(=O)[O-]. The van der Waals surface area contributed by atoms with Gasteiger partial charge in [0.05, 0.1) is 19.8 Å². The molecule has 0 amide bonds. The zero-order valence-electron chi connectivity index (χ0n) is 17.9. The summed E-state index contributed by atoms with van der Waals surface area (Å²) in [6, 6.07) is 18.6. The van der Waals surface area contributed by atoms with Crippen molar-refractivity contribution in [3.63, 3.8) is 0 Å². The maximum Gasteiger partial charge on any atom is 0.394 e. The van der Waals surface area contributed by atoms with Gasteiger partial charge in [-0.2, -0.15) is 9.36 Å². The van der Waals surface area contributed by atoms with Gasteiger partial charge in [0.2, 0.25) is 10.4 Å². The first-order chi connectivity index (χ1) is 14.7. The van der Waals surface area contributed by atoms with Gasteiger partial charge in [-0.05, 0) is 41.7 Å². The zero-order chi connectivity index (χ0) is 22.9. The van der Waals surface area contributed by atoms with E-state index in [9.17, 15) is 13.0 Å². The fourth-order valence-electron chi connectivity index (χ4n) is 2.55. The average Bonchev–Trinajstić information content (AvgIpc) is 3.09. The molecule has 11 heteroatoms. The lowest BCUT2D eigenvalue weighted by molar-refractivity contribution is -0.751. The van der Waals surface area contributed by atoms with E-state index in [1.807, 2.05) is 41.7 Å². The van der Waals surface area contributed by atoms with Gasteiger partial charge < -0.3 is 9.45 Å². The second-order valence-corrected chi connectivity index (χ2v) is 7.58. The fourth-order valence-corrected chi connectivity index (χ4v) is 2.55. The molecular formula is C20H26N6O4S. The van der Waals surface area contributed by atoms with Gasteiger partial charge in [-0.15, -0.1) is 5.11 Å². The smallest absolute Gasteiger partial charge is 0.394 e. The second kappa shape index (κ2) is 11.3. The molecule has 0 aliphatic heterocycles. The van der Waals surface area contributed by atoms with E-state index >= 15 is 0 Å². The molecule has 0 aliphatic carbocycles. The molecule has 0 saturated carbocycles. The second-order valence-electron chi connectivity index (χ2n) is 6.43. The number of azo groups is 1. The predicted molar refractivity (Wildman–Crippen MR) is 115 cm³/mol. The monoisotopic (exact) mass is 446 g/mol. The third kappa shape index (κ3) is 7.89. The van der Waals surface area contributed by atoms with E-state index in [1.54, 1.807) is 6.33 Å². The minimum absolute atomic E-state index is 0.575. The topological polar surface area (TPSA) is 116 Å². The van der Waals surface area contributed by atoms with Gasteiger partial charge in [0.15, 0.2) is 0 Å². The van der Waals surface area contributed by atoms with Gasteiger partial charge in [0.25, 0.3) is 0 Å². The van der Waals surface area contributed by atoms with Gasteiger partial charge in [0, 0.05) is 18.8 Å². The van der Waals surface area contributed by atoms with Crippen molar-refractivity contribution >= 4 is 27.7 Å². The molecule has 1 heterocycles. The number of nitrogens with zero attached hydrogens (tertiary/aromatic N) is 6. The van der Waals surface area contributed by atoms with Crippen LogP contribution in [0.15, 0.2) is 71.2 Å². The molecule has 1 aromatic heterocycles. The largest absolute Gasteiger partial charge is 0.726 e. The first kappa shape index (κ1) is 24.1. The number of aromatic nitrogens is 3. The number of hydrogen-bond donors (Lipinski definition) is 0. The van der Waals surface area contributed by atoms with Crippen molar-refractivity contribution in [3.05, 3.63) is 66.5 Å². The summed E-state index contributed by atoms with van der Waals surface area (Å²) in [5.74, 6) is 0.575. The van der Waals surface area contributed by atoms with E-state index in [1.165, 1.54) is 11.3 Å². The molecule has 0 saturated heterocycles. The molecule has 0 aliphatic rings. The van der Waals surface area contributed by atoms with Crippen LogP contribution in [0, 0.1) is 0 Å². The van der Waals surface area contributed by atoms with Crippen LogP contribution < -0.4 is 9.58 Å². The molecule has 10 nitrogen and oxygen atoms in total. The Labute approximate surface area is 182 Å². The summed E-state index contributed by atoms with van der Waals surface area (Å²) in [5.41, 5.74) is 3.29. The summed E-state index contributed by atoms with van der Waals surface area (Å²) < 4.78 is 34.7. The molecule has 3 aromatic rings. The lowest BCUT2D eigenvalue weighted by atomic mass is 10.2. The summed E-state index contributed by atoms with van der Waals surface area (Å²) in [4.78, 5) is 6.52. The van der Waals surface area contributed by atoms with Crippen molar-refractivity contribution in [3.8, 4) is 0 Å². The minimum atomic E-state index is -4.41. The van der Waals surface area contributed by atoms with Crippen molar-refractivity contribution in [2.45, 2.75) is 13.5 Å². The quantitative estimate of drug-likeness (QED) is 0.238. The number of rotatable bonds is 7. The van der Waals surface area contributed by atoms with E-state index < -0.39 is 10.4 Å². The standard InChI is InChI=1S/C19H23N6.CH4O4S/c1-4-25(14-16-8-6-5-7-9-16)18-12-10-17(11-13-18)21-22-19-20-15-23(2)24(19)3;1-5-6(2,3)4/h5-13,15H,4,14H2,1-3H3;1H3,(H,2,3,4)/q+1;/p-1. The summed E-state index contributed by atoms with van der Waals surface area (Å²) >= 11 is 0. The van der Waals surface area contributed by atoms with Crippen LogP contribution in [0.1, 0.15) is 12.5 Å². The molecule has 0 fully saturated rings. The van der Waals surface area contributed by atoms with Crippen molar-refractivity contribution in [1.82, 2.24) is 9.67 Å². The van der Waals surface area contributed by atoms with Crippen LogP contribution in [0.5, 0.6) is 0 Å². The molecule has 3 rings (SSSR count). The highest BCUT2D eigenvalue weighted by atomic mass is 32.3. The third-order valence-corrected chi connectivity index (χ3v) is 4.78. The molecule has 0 bridgehead atoms. The first-order valence-electron chi connectivity index (χ1n) is 9.43. The molecule has 0 radical (unpaired) electrons. The van der Waals surface area contributed by atoms with Crippen LogP contribution in [0.4, 0.5) is 17.3 Å². The Bertz CT molecular complexity index is 1080. The summed E-state index contributed by atoms with van der Waals surface area (Å²) in [6.07, 6.45) is 1.71. The molecule has 0 N–H and O–H groups in total. The van der Waals surface area contributed by atoms with Crippen LogP contribution in [-0.2, 0) is 35.2 Å². The highest BCUT2D eigenvalue weighted by Gasteiger charge is 2.10. The van der Waals surface area contributed by atoms with Crippen molar-refractivity contribution in [2.75, 3.05) is 18.6 Å². The van der Waals surface area contributed by atoms with Crippen LogP contribution in [0.2, 0.25) is 0 Å². The molecule has 0 unspecified atom stereocenters. The Balaban J connectivity index is 0.000000501. The lowest BCUT2D eigenvalue weighted by Gasteiger charge is -2.23. The first-order valence-corrected chi connectivity index (χ1v) is 10.8. The maximum atomic E-state index is 9.22. The Hall–Kier alpha value is -3.15. The zero-order valence-corrected chi connectivity index (χ0v) is 18.7. The lowest BCUT2D eigenvalue weighted by Crippen LogP contribution is -2.35. The summed E-state index contributed by atoms with van der Waals surface area (Å²) in [7, 11) is 0.201. The van der Waals surface area contributed by atoms with Crippen LogP contribution >= 0.6 is 0 Å². The van der Waals surface area contributed by atoms with E-state index in [0.29, 0.717) is 5.95 Å². The average molecular weight is 447 g/mol. The van der Waals surface area contributed by atoms with Gasteiger partial charge >= 0.3 is 12.3 Å². The summed E-state index contributed by atoms with van der Waals surface area (Å²) in [5, 5.41) is 8.47. The molecule has 0 spiro atoms. The van der Waals surface area contributed by atoms with Gasteiger partial charge in [-0.3, -0.25) is 4.18 Å². The predicted octanol–water partition coefficient (Wildman–Crippen LogP) is 2.78. The highest BCUT2D eigenvalue weighted by Crippen LogP contribution is 2.22. The fraction of sp³-hybridized carbons (Fsp3) is 0.300. The number of anilines is 1. The van der Waals surface area contributed by atoms with E-state index in [2.05, 4.69) is 67.6 Å². The van der Waals surface area contributed by atoms with Crippen molar-refractivity contribution in [1.29, 1.82) is 0 Å². The molecular weight excluding hydrogens is 420 g/mol. The highest BCUT2D eigenvalue weighted by molar-refractivity contribution is 7.80. The Kier molecular flexibility index (Phi) is 8.79. The molecule has 2 aromatic carbocycles. The Morgan fingerprint density at radius 1 is 1.13 bits per heavy atom. The van der Waals surface area contributed by atoms with E-state index in [4.69, 9.17) is 0 Å². The van der Waals surface area contributed by atoms with E-state index in [0.717, 1.165) is 25.9 Å². The molecule has 0 atom stereocenters. The van der Waals surface area contributed by atoms with Gasteiger partial charge in [-0.1, -0.05) is 35.4 Å². The molecule has 31 heavy (non-hydrogen) atoms. The van der Waals surface area contributed by atoms with Crippen LogP contribution in [-0.4, -0.2) is 36.3 Å². The normalized spacial score (nSPS) is 11.3. The Morgan fingerprint density at radius 2 is 1.74 bits per heavy atom. The number of benzene rings is 2. The van der Waals surface area contributed by atoms with E-state index in [-0.39, 0.29) is 0 Å². The van der Waals surface area contributed by atoms with Gasteiger partial charge in [-0.25, -0.2) is 8.42 Å². The van der Waals surface area contributed by atoms with Crippen LogP contribution in [0.25, 0.3) is 0 Å². The van der Waals surface area contributed by atoms with Gasteiger partial charge in [0.1, 0.15) is 7.05 Å². The minimum Gasteiger partial charge on any atom is -0.726 e. The number of aryl methyl sites for hydroxylation is 1. The molecule has 166 valence electrons. The third-order valence-electron chi connectivity index (χ3n) is 4.37.